The van der Waals surface area contributed by atoms with E-state index in [1.807, 2.05) is 11.8 Å². The Hall–Kier alpha value is -0.480. The van der Waals surface area contributed by atoms with Crippen LogP contribution in [0.15, 0.2) is 0 Å². The van der Waals surface area contributed by atoms with Crippen LogP contribution in [-0.4, -0.2) is 27.8 Å². The Morgan fingerprint density at radius 3 is 2.50 bits per heavy atom. The largest absolute Gasteiger partial charge is 0.313 e. The minimum atomic E-state index is 0.962. The minimum absolute atomic E-state index is 0.962. The third-order valence-electron chi connectivity index (χ3n) is 3.12. The van der Waals surface area contributed by atoms with Crippen LogP contribution in [0.5, 0.6) is 0 Å². The zero-order valence-electron chi connectivity index (χ0n) is 12.3. The average molecular weight is 269 g/mol. The molecule has 0 atom stereocenters. The van der Waals surface area contributed by atoms with E-state index >= 15 is 0 Å². The summed E-state index contributed by atoms with van der Waals surface area (Å²) in [6.45, 7) is 11.8. The summed E-state index contributed by atoms with van der Waals surface area (Å²) >= 11 is 1.99. The summed E-state index contributed by atoms with van der Waals surface area (Å²) in [6.07, 6.45) is 2.10. The van der Waals surface area contributed by atoms with E-state index in [9.17, 15) is 0 Å². The second-order valence-corrected chi connectivity index (χ2v) is 5.67. The minimum Gasteiger partial charge on any atom is -0.313 e. The predicted octanol–water partition coefficient (Wildman–Crippen LogP) is 2.87. The van der Waals surface area contributed by atoms with Crippen LogP contribution in [0.1, 0.15) is 44.6 Å². The van der Waals surface area contributed by atoms with Gasteiger partial charge in [0.15, 0.2) is 0 Å². The summed E-state index contributed by atoms with van der Waals surface area (Å²) in [4.78, 5) is 0. The van der Waals surface area contributed by atoms with E-state index in [1.54, 1.807) is 0 Å². The molecule has 18 heavy (non-hydrogen) atoms. The molecule has 104 valence electrons. The fraction of sp³-hybridized carbons (Fsp3) is 0.786. The molecule has 0 aliphatic carbocycles. The van der Waals surface area contributed by atoms with E-state index in [0.717, 1.165) is 38.2 Å². The van der Waals surface area contributed by atoms with Crippen molar-refractivity contribution in [2.75, 3.05) is 18.1 Å². The Morgan fingerprint density at radius 1 is 1.17 bits per heavy atom. The van der Waals surface area contributed by atoms with Gasteiger partial charge >= 0.3 is 0 Å². The van der Waals surface area contributed by atoms with Gasteiger partial charge in [0.25, 0.3) is 0 Å². The molecule has 4 heteroatoms. The van der Waals surface area contributed by atoms with Gasteiger partial charge in [-0.2, -0.15) is 16.9 Å². The third-order valence-corrected chi connectivity index (χ3v) is 4.00. The lowest BCUT2D eigenvalue weighted by Crippen LogP contribution is -2.14. The first kappa shape index (κ1) is 15.6. The van der Waals surface area contributed by atoms with Crippen molar-refractivity contribution in [2.45, 2.75) is 53.6 Å². The van der Waals surface area contributed by atoms with Crippen LogP contribution in [0.4, 0.5) is 0 Å². The highest BCUT2D eigenvalue weighted by Crippen LogP contribution is 2.17. The summed E-state index contributed by atoms with van der Waals surface area (Å²) in [5, 5.41) is 8.22. The first-order chi connectivity index (χ1) is 8.78. The predicted molar refractivity (Wildman–Crippen MR) is 81.4 cm³/mol. The Bertz CT molecular complexity index is 347. The van der Waals surface area contributed by atoms with Crippen molar-refractivity contribution in [1.29, 1.82) is 0 Å². The summed E-state index contributed by atoms with van der Waals surface area (Å²) in [5.41, 5.74) is 4.13. The number of nitrogens with zero attached hydrogens (tertiary/aromatic N) is 2. The molecule has 0 amide bonds. The van der Waals surface area contributed by atoms with Gasteiger partial charge in [0.1, 0.15) is 0 Å². The van der Waals surface area contributed by atoms with Crippen LogP contribution in [0.2, 0.25) is 0 Å². The fourth-order valence-corrected chi connectivity index (χ4v) is 2.79. The quantitative estimate of drug-likeness (QED) is 0.699. The molecule has 0 unspecified atom stereocenters. The number of rotatable bonds is 9. The number of nitrogens with one attached hydrogen (secondary N) is 1. The Morgan fingerprint density at radius 2 is 1.94 bits per heavy atom. The normalized spacial score (nSPS) is 11.1. The topological polar surface area (TPSA) is 29.9 Å². The van der Waals surface area contributed by atoms with Crippen LogP contribution >= 0.6 is 11.8 Å². The van der Waals surface area contributed by atoms with Crippen molar-refractivity contribution in [2.24, 2.45) is 0 Å². The second kappa shape index (κ2) is 8.59. The fourth-order valence-electron chi connectivity index (χ4n) is 2.20. The smallest absolute Gasteiger partial charge is 0.0669 e. The van der Waals surface area contributed by atoms with Gasteiger partial charge in [-0.3, -0.25) is 4.68 Å². The monoisotopic (exact) mass is 269 g/mol. The summed E-state index contributed by atoms with van der Waals surface area (Å²) in [5.74, 6) is 2.35. The molecule has 0 spiro atoms. The molecule has 3 nitrogen and oxygen atoms in total. The van der Waals surface area contributed by atoms with Crippen molar-refractivity contribution in [3.8, 4) is 0 Å². The first-order valence-electron chi connectivity index (χ1n) is 7.14. The molecular formula is C14H27N3S. The lowest BCUT2D eigenvalue weighted by Gasteiger charge is -2.08. The van der Waals surface area contributed by atoms with Gasteiger partial charge in [0.2, 0.25) is 0 Å². The van der Waals surface area contributed by atoms with E-state index in [1.165, 1.54) is 22.7 Å². The van der Waals surface area contributed by atoms with Gasteiger partial charge in [-0.05, 0) is 25.1 Å². The molecular weight excluding hydrogens is 242 g/mol. The van der Waals surface area contributed by atoms with Crippen molar-refractivity contribution in [3.05, 3.63) is 17.0 Å². The second-order valence-electron chi connectivity index (χ2n) is 4.28. The number of thioether (sulfide) groups is 1. The molecule has 0 fully saturated rings. The van der Waals surface area contributed by atoms with Crippen molar-refractivity contribution in [3.63, 3.8) is 0 Å². The maximum absolute atomic E-state index is 4.79. The average Bonchev–Trinajstić information content (AvgIpc) is 2.73. The molecule has 1 aromatic heterocycles. The Balaban J connectivity index is 2.85. The van der Waals surface area contributed by atoms with Crippen molar-refractivity contribution in [1.82, 2.24) is 15.1 Å². The standard InChI is InChI=1S/C14H27N3S/c1-5-13-12(11-15-7-3)14(6-2)17(16-13)9-10-18-8-4/h15H,5-11H2,1-4H3. The van der Waals surface area contributed by atoms with E-state index in [4.69, 9.17) is 5.10 Å². The van der Waals surface area contributed by atoms with E-state index in [0.29, 0.717) is 0 Å². The van der Waals surface area contributed by atoms with Crippen molar-refractivity contribution >= 4 is 11.8 Å². The van der Waals surface area contributed by atoms with Crippen LogP contribution < -0.4 is 5.32 Å². The number of aryl methyl sites for hydroxylation is 2. The molecule has 0 aromatic carbocycles. The maximum Gasteiger partial charge on any atom is 0.0669 e. The number of hydrogen-bond donors (Lipinski definition) is 1. The van der Waals surface area contributed by atoms with Crippen LogP contribution in [0.3, 0.4) is 0 Å². The third kappa shape index (κ3) is 4.02. The van der Waals surface area contributed by atoms with Gasteiger partial charge in [-0.15, -0.1) is 0 Å². The van der Waals surface area contributed by atoms with Gasteiger partial charge in [0.05, 0.1) is 12.2 Å². The maximum atomic E-state index is 4.79. The first-order valence-corrected chi connectivity index (χ1v) is 8.29. The molecule has 1 aromatic rings. The van der Waals surface area contributed by atoms with Crippen LogP contribution in [0, 0.1) is 0 Å². The van der Waals surface area contributed by atoms with E-state index in [-0.39, 0.29) is 0 Å². The summed E-state index contributed by atoms with van der Waals surface area (Å²) in [6, 6.07) is 0. The molecule has 0 aliphatic heterocycles. The van der Waals surface area contributed by atoms with Gasteiger partial charge in [-0.1, -0.05) is 27.7 Å². The lowest BCUT2D eigenvalue weighted by atomic mass is 10.1. The molecule has 0 saturated carbocycles. The van der Waals surface area contributed by atoms with Gasteiger partial charge in [0, 0.05) is 23.6 Å². The van der Waals surface area contributed by atoms with Crippen molar-refractivity contribution < 1.29 is 0 Å². The summed E-state index contributed by atoms with van der Waals surface area (Å²) in [7, 11) is 0. The Kier molecular flexibility index (Phi) is 7.44. The van der Waals surface area contributed by atoms with Gasteiger partial charge in [-0.25, -0.2) is 0 Å². The molecule has 1 heterocycles. The zero-order valence-corrected chi connectivity index (χ0v) is 13.1. The molecule has 0 bridgehead atoms. The SMILES string of the molecule is CCNCc1c(CC)nn(CCSCC)c1CC. The molecule has 0 radical (unpaired) electrons. The van der Waals surface area contributed by atoms with E-state index < -0.39 is 0 Å². The van der Waals surface area contributed by atoms with Crippen LogP contribution in [-0.2, 0) is 25.9 Å². The zero-order chi connectivity index (χ0) is 13.4. The molecule has 0 aliphatic rings. The highest BCUT2D eigenvalue weighted by molar-refractivity contribution is 7.99. The highest BCUT2D eigenvalue weighted by atomic mass is 32.2. The van der Waals surface area contributed by atoms with E-state index in [2.05, 4.69) is 37.7 Å². The van der Waals surface area contributed by atoms with Gasteiger partial charge < -0.3 is 5.32 Å². The van der Waals surface area contributed by atoms with Crippen LogP contribution in [0.25, 0.3) is 0 Å². The molecule has 1 rings (SSSR count). The Labute approximate surface area is 116 Å². The molecule has 0 saturated heterocycles. The summed E-state index contributed by atoms with van der Waals surface area (Å²) < 4.78 is 2.23. The lowest BCUT2D eigenvalue weighted by molar-refractivity contribution is 0.620. The highest BCUT2D eigenvalue weighted by Gasteiger charge is 2.14. The number of aromatic nitrogens is 2. The molecule has 1 N–H and O–H groups in total. The number of hydrogen-bond acceptors (Lipinski definition) is 3.